The first-order valence-corrected chi connectivity index (χ1v) is 20.1. The van der Waals surface area contributed by atoms with Gasteiger partial charge in [0.1, 0.15) is 0 Å². The van der Waals surface area contributed by atoms with Crippen LogP contribution in [0.4, 0.5) is 0 Å². The Morgan fingerprint density at radius 3 is 0.782 bits per heavy atom. The van der Waals surface area contributed by atoms with E-state index in [4.69, 9.17) is 25.3 Å². The normalized spacial score (nSPS) is 21.8. The molecule has 0 amide bonds. The molecule has 0 spiro atoms. The predicted molar refractivity (Wildman–Crippen MR) is 233 cm³/mol. The van der Waals surface area contributed by atoms with Gasteiger partial charge in [-0.2, -0.15) is 25.3 Å². The maximum absolute atomic E-state index is 8.29. The van der Waals surface area contributed by atoms with Crippen LogP contribution in [-0.2, 0) is 34.7 Å². The molecule has 0 aromatic heterocycles. The van der Waals surface area contributed by atoms with E-state index in [0.717, 1.165) is 17.8 Å². The van der Waals surface area contributed by atoms with E-state index in [0.29, 0.717) is 17.8 Å². The van der Waals surface area contributed by atoms with Crippen LogP contribution in [0, 0.1) is 35.5 Å². The molecule has 9 heteroatoms. The summed E-state index contributed by atoms with van der Waals surface area (Å²) in [6.45, 7) is 13.8. The van der Waals surface area contributed by atoms with Gasteiger partial charge >= 0.3 is 34.7 Å². The fraction of sp³-hybridized carbons (Fsp3) is 0.348. The van der Waals surface area contributed by atoms with E-state index < -0.39 is 34.7 Å². The zero-order chi connectivity index (χ0) is 40.1. The summed E-state index contributed by atoms with van der Waals surface area (Å²) in [4.78, 5) is 0. The van der Waals surface area contributed by atoms with Gasteiger partial charge < -0.3 is 0 Å². The lowest BCUT2D eigenvalue weighted by Gasteiger charge is -2.11. The van der Waals surface area contributed by atoms with Gasteiger partial charge in [-0.1, -0.05) is 195 Å². The van der Waals surface area contributed by atoms with Crippen LogP contribution in [0.3, 0.4) is 0 Å². The summed E-state index contributed by atoms with van der Waals surface area (Å²) in [5.41, 5.74) is 8.09. The molecule has 0 radical (unpaired) electrons. The van der Waals surface area contributed by atoms with Crippen molar-refractivity contribution < 1.29 is 25.3 Å². The minimum absolute atomic E-state index is 0. The first-order valence-electron chi connectivity index (χ1n) is 18.1. The second-order valence-corrected chi connectivity index (χ2v) is 14.0. The highest BCUT2D eigenvalue weighted by Crippen LogP contribution is 2.29. The molecule has 55 heavy (non-hydrogen) atoms. The number of allylic oxidation sites excluding steroid dienone is 12. The molecule has 6 nitrogen and oxygen atoms in total. The Bertz CT molecular complexity index is 1580. The molecule has 0 heterocycles. The van der Waals surface area contributed by atoms with E-state index in [-0.39, 0.29) is 7.43 Å². The van der Waals surface area contributed by atoms with Crippen molar-refractivity contribution in [2.24, 2.45) is 35.5 Å². The third-order valence-electron chi connectivity index (χ3n) is 9.88. The average Bonchev–Trinajstić information content (AvgIpc) is 3.56. The molecule has 0 aliphatic heterocycles. The Kier molecular flexibility index (Phi) is 28.3. The summed E-state index contributed by atoms with van der Waals surface area (Å²) in [6.07, 6.45) is 24.4. The van der Waals surface area contributed by atoms with E-state index in [1.807, 2.05) is 0 Å². The molecular formula is C46H58O6S3. The summed E-state index contributed by atoms with van der Waals surface area (Å²) >= 11 is -2.25. The van der Waals surface area contributed by atoms with Gasteiger partial charge in [0, 0.05) is 0 Å². The maximum atomic E-state index is 8.29. The molecule has 0 N–H and O–H groups in total. The Labute approximate surface area is 341 Å². The highest BCUT2D eigenvalue weighted by atomic mass is 32.1. The number of hydrogen-bond donors (Lipinski definition) is 0. The summed E-state index contributed by atoms with van der Waals surface area (Å²) < 4.78 is 49.7. The molecule has 6 rings (SSSR count). The molecule has 3 aliphatic carbocycles. The molecule has 3 aliphatic rings. The molecule has 0 bridgehead atoms. The van der Waals surface area contributed by atoms with E-state index in [2.05, 4.69) is 187 Å². The fourth-order valence-electron chi connectivity index (χ4n) is 5.66. The van der Waals surface area contributed by atoms with Crippen LogP contribution in [0.25, 0.3) is 16.7 Å². The maximum Gasteiger partial charge on any atom is 0.335 e. The minimum atomic E-state index is -0.750. The lowest BCUT2D eigenvalue weighted by atomic mass is 9.94. The Hall–Kier alpha value is -4.44. The largest absolute Gasteiger partial charge is 0.335 e. The number of hydrogen-bond acceptors (Lipinski definition) is 6. The molecule has 296 valence electrons. The van der Waals surface area contributed by atoms with Crippen molar-refractivity contribution in [1.82, 2.24) is 0 Å². The molecule has 0 unspecified atom stereocenters. The van der Waals surface area contributed by atoms with Gasteiger partial charge in [0.25, 0.3) is 0 Å². The van der Waals surface area contributed by atoms with Crippen LogP contribution in [-0.4, -0.2) is 25.3 Å². The topological polar surface area (TPSA) is 102 Å². The fourth-order valence-corrected chi connectivity index (χ4v) is 5.66. The van der Waals surface area contributed by atoms with E-state index in [1.165, 1.54) is 52.7 Å². The van der Waals surface area contributed by atoms with E-state index in [9.17, 15) is 0 Å². The summed E-state index contributed by atoms with van der Waals surface area (Å²) in [6, 6.07) is 31.9. The Balaban J connectivity index is 0.000000710. The van der Waals surface area contributed by atoms with Crippen molar-refractivity contribution >= 4 is 51.4 Å². The third kappa shape index (κ3) is 20.7. The van der Waals surface area contributed by atoms with Crippen LogP contribution in [0.15, 0.2) is 146 Å². The molecule has 3 aromatic rings. The quantitative estimate of drug-likeness (QED) is 0.261. The van der Waals surface area contributed by atoms with Crippen LogP contribution in [0.5, 0.6) is 0 Å². The number of rotatable bonds is 3. The van der Waals surface area contributed by atoms with Crippen molar-refractivity contribution in [3.8, 4) is 0 Å². The van der Waals surface area contributed by atoms with Gasteiger partial charge in [0.15, 0.2) is 0 Å². The van der Waals surface area contributed by atoms with Crippen molar-refractivity contribution in [3.05, 3.63) is 162 Å². The van der Waals surface area contributed by atoms with Gasteiger partial charge in [-0.3, -0.25) is 0 Å². The molecule has 0 saturated heterocycles. The van der Waals surface area contributed by atoms with Crippen molar-refractivity contribution in [2.45, 2.75) is 68.2 Å². The summed E-state index contributed by atoms with van der Waals surface area (Å²) in [5.74, 6) is 4.31. The van der Waals surface area contributed by atoms with Crippen LogP contribution >= 0.6 is 0 Å². The summed E-state index contributed by atoms with van der Waals surface area (Å²) in [7, 11) is 0. The highest BCUT2D eigenvalue weighted by molar-refractivity contribution is 7.52. The third-order valence-corrected chi connectivity index (χ3v) is 9.88. The van der Waals surface area contributed by atoms with Gasteiger partial charge in [-0.25, -0.2) is 0 Å². The lowest BCUT2D eigenvalue weighted by Crippen LogP contribution is -2.01. The second-order valence-electron chi connectivity index (χ2n) is 13.6. The highest BCUT2D eigenvalue weighted by Gasteiger charge is 2.13. The second kappa shape index (κ2) is 30.8. The predicted octanol–water partition coefficient (Wildman–Crippen LogP) is 11.5. The molecule has 6 atom stereocenters. The minimum Gasteiger partial charge on any atom is -0.168 e. The van der Waals surface area contributed by atoms with Gasteiger partial charge in [-0.05, 0) is 88.2 Å². The first-order chi connectivity index (χ1) is 26.1. The van der Waals surface area contributed by atoms with Crippen molar-refractivity contribution in [2.75, 3.05) is 0 Å². The van der Waals surface area contributed by atoms with Crippen LogP contribution < -0.4 is 0 Å². The molecule has 0 saturated carbocycles. The Morgan fingerprint density at radius 1 is 0.382 bits per heavy atom. The first kappa shape index (κ1) is 50.6. The van der Waals surface area contributed by atoms with Crippen molar-refractivity contribution in [1.29, 1.82) is 0 Å². The van der Waals surface area contributed by atoms with E-state index >= 15 is 0 Å². The number of benzene rings is 3. The molecule has 3 aromatic carbocycles. The van der Waals surface area contributed by atoms with Crippen LogP contribution in [0.1, 0.15) is 84.9 Å². The molecule has 0 fully saturated rings. The smallest absolute Gasteiger partial charge is 0.168 e. The van der Waals surface area contributed by atoms with Gasteiger partial charge in [0.05, 0.1) is 0 Å². The SMILES string of the molecule is C.C[C@@H]1C=CC(c2ccccc2)=CC[C@H]1C.C[C@@H]1CC=C(c2ccccc2)C=C[C@@H]1C.C[C@H]1C=CC(c2ccccc2)=CC[C@@H]1C.O=S=O.O=S=O.O=S=O. The standard InChI is InChI=1S/3C15H18.CH4.3O2S/c3*1-12-8-10-15(11-9-13(12)2)14-6-4-3-5-7-14;;3*1-3-2/h3*3-8,10-13H,9H2,1-2H3;1H4;;;/t12-,13+;2*12-,13-;;;;/m010..../s1. The Morgan fingerprint density at radius 2 is 0.582 bits per heavy atom. The average molecular weight is 803 g/mol. The summed E-state index contributed by atoms with van der Waals surface area (Å²) in [5, 5.41) is 0. The van der Waals surface area contributed by atoms with Crippen molar-refractivity contribution in [3.63, 3.8) is 0 Å². The van der Waals surface area contributed by atoms with E-state index in [1.54, 1.807) is 0 Å². The molecular weight excluding hydrogens is 745 g/mol. The zero-order valence-corrected chi connectivity index (χ0v) is 34.6. The monoisotopic (exact) mass is 802 g/mol. The lowest BCUT2D eigenvalue weighted by molar-refractivity contribution is 0.468. The zero-order valence-electron chi connectivity index (χ0n) is 32.1. The van der Waals surface area contributed by atoms with Crippen LogP contribution in [0.2, 0.25) is 0 Å². The van der Waals surface area contributed by atoms with Gasteiger partial charge in [-0.15, -0.1) is 0 Å². The van der Waals surface area contributed by atoms with Gasteiger partial charge in [0.2, 0.25) is 0 Å².